The van der Waals surface area contributed by atoms with Gasteiger partial charge in [-0.15, -0.1) is 0 Å². The Hall–Kier alpha value is -11.7. The Labute approximate surface area is 711 Å². The Morgan fingerprint density at radius 2 is 0.521 bits per heavy atom. The summed E-state index contributed by atoms with van der Waals surface area (Å²) in [6.07, 6.45) is -3.59. The third-order valence-electron chi connectivity index (χ3n) is 19.1. The summed E-state index contributed by atoms with van der Waals surface area (Å²) in [6, 6.07) is 65.8. The minimum Gasteiger partial charge on any atom is -0.463 e. The van der Waals surface area contributed by atoms with Gasteiger partial charge >= 0.3 is 59.7 Å². The average Bonchev–Trinajstić information content (AvgIpc) is 0.834. The standard InChI is InChI=1S/C74H70O16.C10H18O4.C10H20O2.C4H10O/c1-3-60(84-68(76)53-30-14-5-15-31-53)45-62(86-70(78)55-34-18-7-19-35-55)47-64(88-72(80)57-38-22-9-23-39-57)49-66(90-74(82)59-42-26-11-27-43-59)50-65(89-73(81)58-40-24-10-25-41-58)48-63(87-71(79)56-36-20-8-21-37-56)46-61(85-69(77)54-32-16-6-17-33-54)44-51(2)83-67(75)52-28-12-4-13-29-52;1-5-10(14-9(4)12)6-7(2)13-8(3)11;1-4-6-10-11-8(3)7-9(5-2)12-10;1-3-4(2)5/h4-43,51,60-66H,3,44-50H2,1-2H3;7,10H,5-6H2,1-4H3;8-10H,4-7H2,1-3H3;4-5H,3H2,1-2H3. The Bertz CT molecular complexity index is 4350. The largest absolute Gasteiger partial charge is 0.463 e. The molecule has 14 atom stereocenters. The Balaban J connectivity index is 0.000000611. The van der Waals surface area contributed by atoms with E-state index >= 15 is 0 Å². The topological polar surface area (TPSA) is 302 Å². The molecule has 0 radical (unpaired) electrons. The number of rotatable bonds is 40. The van der Waals surface area contributed by atoms with Gasteiger partial charge in [0.1, 0.15) is 61.0 Å². The van der Waals surface area contributed by atoms with Crippen molar-refractivity contribution in [1.29, 1.82) is 0 Å². The van der Waals surface area contributed by atoms with Crippen molar-refractivity contribution in [2.75, 3.05) is 0 Å². The fraction of sp³-hybridized carbons (Fsp3) is 0.408. The number of hydrogen-bond donors (Lipinski definition) is 1. The third kappa shape index (κ3) is 38.1. The minimum atomic E-state index is -1.32. The van der Waals surface area contributed by atoms with Gasteiger partial charge in [0.05, 0.1) is 62.8 Å². The number of ether oxygens (including phenoxy) is 12. The second-order valence-corrected chi connectivity index (χ2v) is 29.5. The molecule has 0 aromatic heterocycles. The molecule has 0 aliphatic carbocycles. The second-order valence-electron chi connectivity index (χ2n) is 29.5. The molecule has 8 aromatic rings. The smallest absolute Gasteiger partial charge is 0.338 e. The number of esters is 10. The number of carbonyl (C=O) groups is 10. The number of aliphatic hydroxyl groups excluding tert-OH is 1. The van der Waals surface area contributed by atoms with E-state index in [1.165, 1.54) is 13.8 Å². The summed E-state index contributed by atoms with van der Waals surface area (Å²) in [5.74, 6) is -6.44. The first-order valence-electron chi connectivity index (χ1n) is 41.7. The molecule has 9 rings (SSSR count). The molecular formula is C98H118O23. The van der Waals surface area contributed by atoms with Gasteiger partial charge in [0, 0.05) is 65.2 Å². The summed E-state index contributed by atoms with van der Waals surface area (Å²) in [6.45, 7) is 20.1. The molecule has 23 heteroatoms. The number of benzene rings is 8. The van der Waals surface area contributed by atoms with Gasteiger partial charge in [0.25, 0.3) is 0 Å². The summed E-state index contributed by atoms with van der Waals surface area (Å²) < 4.78 is 71.3. The van der Waals surface area contributed by atoms with Gasteiger partial charge < -0.3 is 61.9 Å². The van der Waals surface area contributed by atoms with Crippen molar-refractivity contribution < 1.29 is 110 Å². The maximum absolute atomic E-state index is 14.5. The predicted octanol–water partition coefficient (Wildman–Crippen LogP) is 19.1. The second kappa shape index (κ2) is 54.5. The Kier molecular flexibility index (Phi) is 44.2. The highest BCUT2D eigenvalue weighted by molar-refractivity contribution is 5.93. The van der Waals surface area contributed by atoms with E-state index in [2.05, 4.69) is 20.8 Å². The average molecular weight is 1660 g/mol. The molecule has 1 aliphatic heterocycles. The lowest BCUT2D eigenvalue weighted by Crippen LogP contribution is -2.38. The Morgan fingerprint density at radius 1 is 0.306 bits per heavy atom. The van der Waals surface area contributed by atoms with Crippen LogP contribution in [0.3, 0.4) is 0 Å². The van der Waals surface area contributed by atoms with E-state index in [0.717, 1.165) is 38.5 Å². The van der Waals surface area contributed by atoms with Crippen LogP contribution in [0.5, 0.6) is 0 Å². The van der Waals surface area contributed by atoms with E-state index in [0.29, 0.717) is 24.2 Å². The van der Waals surface area contributed by atoms with Gasteiger partial charge in [0.15, 0.2) is 6.29 Å². The lowest BCUT2D eigenvalue weighted by atomic mass is 9.94. The van der Waals surface area contributed by atoms with Crippen LogP contribution >= 0.6 is 0 Å². The fourth-order valence-corrected chi connectivity index (χ4v) is 12.9. The van der Waals surface area contributed by atoms with Gasteiger partial charge in [-0.1, -0.05) is 187 Å². The van der Waals surface area contributed by atoms with Crippen LogP contribution in [0.15, 0.2) is 243 Å². The van der Waals surface area contributed by atoms with E-state index in [1.54, 1.807) is 263 Å². The molecule has 14 unspecified atom stereocenters. The van der Waals surface area contributed by atoms with Crippen LogP contribution in [0.1, 0.15) is 255 Å². The van der Waals surface area contributed by atoms with Gasteiger partial charge in [-0.05, 0) is 163 Å². The molecule has 1 fully saturated rings. The molecule has 648 valence electrons. The first-order valence-corrected chi connectivity index (χ1v) is 41.7. The van der Waals surface area contributed by atoms with Crippen LogP contribution in [-0.4, -0.2) is 150 Å². The lowest BCUT2D eigenvalue weighted by molar-refractivity contribution is -0.240. The van der Waals surface area contributed by atoms with Crippen LogP contribution in [-0.2, 0) is 66.4 Å². The van der Waals surface area contributed by atoms with Gasteiger partial charge in [-0.3, -0.25) is 9.59 Å². The van der Waals surface area contributed by atoms with Crippen molar-refractivity contribution in [3.63, 3.8) is 0 Å². The van der Waals surface area contributed by atoms with E-state index in [4.69, 9.17) is 61.9 Å². The molecule has 1 saturated heterocycles. The third-order valence-corrected chi connectivity index (χ3v) is 19.1. The summed E-state index contributed by atoms with van der Waals surface area (Å²) in [5, 5.41) is 8.36. The molecule has 8 aromatic carbocycles. The summed E-state index contributed by atoms with van der Waals surface area (Å²) >= 11 is 0. The summed E-state index contributed by atoms with van der Waals surface area (Å²) in [4.78, 5) is 134. The first-order chi connectivity index (χ1) is 58.2. The van der Waals surface area contributed by atoms with Gasteiger partial charge in [0.2, 0.25) is 0 Å². The number of hydrogen-bond acceptors (Lipinski definition) is 23. The van der Waals surface area contributed by atoms with E-state index < -0.39 is 96.6 Å². The minimum absolute atomic E-state index is 0.0590. The Morgan fingerprint density at radius 3 is 0.752 bits per heavy atom. The van der Waals surface area contributed by atoms with E-state index in [9.17, 15) is 47.9 Å². The molecule has 1 N–H and O–H groups in total. The van der Waals surface area contributed by atoms with Crippen LogP contribution < -0.4 is 0 Å². The van der Waals surface area contributed by atoms with Crippen LogP contribution in [0.4, 0.5) is 0 Å². The molecule has 1 aliphatic rings. The van der Waals surface area contributed by atoms with Gasteiger partial charge in [-0.25, -0.2) is 38.4 Å². The van der Waals surface area contributed by atoms with E-state index in [-0.39, 0.29) is 127 Å². The van der Waals surface area contributed by atoms with Crippen LogP contribution in [0, 0.1) is 0 Å². The number of aliphatic hydroxyl groups is 1. The van der Waals surface area contributed by atoms with Crippen molar-refractivity contribution in [3.8, 4) is 0 Å². The zero-order chi connectivity index (χ0) is 87.9. The molecule has 0 saturated carbocycles. The zero-order valence-electron chi connectivity index (χ0n) is 71.2. The fourth-order valence-electron chi connectivity index (χ4n) is 12.9. The zero-order valence-corrected chi connectivity index (χ0v) is 71.2. The summed E-state index contributed by atoms with van der Waals surface area (Å²) in [7, 11) is 0. The maximum Gasteiger partial charge on any atom is 0.338 e. The molecule has 23 nitrogen and oxygen atoms in total. The predicted molar refractivity (Wildman–Crippen MR) is 456 cm³/mol. The van der Waals surface area contributed by atoms with Crippen molar-refractivity contribution >= 4 is 59.7 Å². The quantitative estimate of drug-likeness (QED) is 0.0275. The highest BCUT2D eigenvalue weighted by atomic mass is 16.7. The lowest BCUT2D eigenvalue weighted by Gasteiger charge is -2.33. The first kappa shape index (κ1) is 98.2. The SMILES string of the molecule is CCC(C)O.CCC(CC(C)OC(C)=O)OC(C)=O.CCC(CC(CC(CC(CC(CC(CC(CC(C)OC(=O)c1ccccc1)OC(=O)c1ccccc1)OC(=O)c1ccccc1)OC(=O)c1ccccc1)OC(=O)c1ccccc1)OC(=O)c1ccccc1)OC(=O)c1ccccc1)OC(=O)c1ccccc1.CCCC1OC(C)CC(CC)O1. The van der Waals surface area contributed by atoms with Crippen molar-refractivity contribution in [2.45, 2.75) is 258 Å². The normalized spacial score (nSPS) is 16.0. The summed E-state index contributed by atoms with van der Waals surface area (Å²) in [5.41, 5.74) is 1.66. The highest BCUT2D eigenvalue weighted by Gasteiger charge is 2.37. The molecular weight excluding hydrogens is 1550 g/mol. The number of carbonyl (C=O) groups excluding carboxylic acids is 10. The van der Waals surface area contributed by atoms with Gasteiger partial charge in [-0.2, -0.15) is 0 Å². The molecule has 0 spiro atoms. The van der Waals surface area contributed by atoms with E-state index in [1.807, 2.05) is 20.8 Å². The van der Waals surface area contributed by atoms with Crippen molar-refractivity contribution in [2.24, 2.45) is 0 Å². The molecule has 0 bridgehead atoms. The molecule has 1 heterocycles. The van der Waals surface area contributed by atoms with Crippen molar-refractivity contribution in [3.05, 3.63) is 287 Å². The molecule has 0 amide bonds. The van der Waals surface area contributed by atoms with Crippen LogP contribution in [0.25, 0.3) is 0 Å². The van der Waals surface area contributed by atoms with Crippen molar-refractivity contribution in [1.82, 2.24) is 0 Å². The monoisotopic (exact) mass is 1660 g/mol. The maximum atomic E-state index is 14.5. The van der Waals surface area contributed by atoms with Crippen LogP contribution in [0.2, 0.25) is 0 Å². The molecule has 121 heavy (non-hydrogen) atoms. The highest BCUT2D eigenvalue weighted by Crippen LogP contribution is 2.31.